The fourth-order valence-electron chi connectivity index (χ4n) is 1.91. The van der Waals surface area contributed by atoms with E-state index in [4.69, 9.17) is 16.6 Å². The van der Waals surface area contributed by atoms with Gasteiger partial charge < -0.3 is 10.2 Å². The molecule has 1 saturated carbocycles. The van der Waals surface area contributed by atoms with Gasteiger partial charge in [0.2, 0.25) is 0 Å². The van der Waals surface area contributed by atoms with Crippen molar-refractivity contribution in [3.05, 3.63) is 0 Å². The molecule has 0 aromatic carbocycles. The first-order valence-electron chi connectivity index (χ1n) is 4.96. The molecule has 1 aliphatic carbocycles. The van der Waals surface area contributed by atoms with Crippen molar-refractivity contribution in [3.8, 4) is 12.3 Å². The maximum absolute atomic E-state index is 10.8. The molecule has 0 heterocycles. The van der Waals surface area contributed by atoms with Gasteiger partial charge in [0, 0.05) is 6.42 Å². The molecule has 0 radical (unpaired) electrons. The first kappa shape index (κ1) is 11.6. The van der Waals surface area contributed by atoms with Gasteiger partial charge in [0.1, 0.15) is 0 Å². The van der Waals surface area contributed by atoms with E-state index in [1.54, 1.807) is 0 Å². The number of unbranched alkanes of at least 4 members (excludes halogenated alkanes) is 2. The Balaban J connectivity index is 2.39. The van der Waals surface area contributed by atoms with Crippen molar-refractivity contribution in [2.75, 3.05) is 0 Å². The van der Waals surface area contributed by atoms with Gasteiger partial charge in [-0.1, -0.05) is 6.42 Å². The number of terminal acetylenes is 1. The third-order valence-corrected chi connectivity index (χ3v) is 2.99. The van der Waals surface area contributed by atoms with Crippen molar-refractivity contribution in [1.29, 1.82) is 0 Å². The summed E-state index contributed by atoms with van der Waals surface area (Å²) in [7, 11) is 0. The Kier molecular flexibility index (Phi) is 3.35. The van der Waals surface area contributed by atoms with Crippen LogP contribution in [0, 0.1) is 23.7 Å². The van der Waals surface area contributed by atoms with E-state index in [0.717, 1.165) is 12.8 Å². The van der Waals surface area contributed by atoms with Gasteiger partial charge >= 0.3 is 11.9 Å². The molecule has 0 aromatic rings. The summed E-state index contributed by atoms with van der Waals surface area (Å²) in [5.74, 6) is -0.144. The Morgan fingerprint density at radius 2 is 1.93 bits per heavy atom. The first-order chi connectivity index (χ1) is 7.05. The molecule has 1 aliphatic rings. The lowest BCUT2D eigenvalue weighted by atomic mass is 10.0. The van der Waals surface area contributed by atoms with E-state index in [1.165, 1.54) is 0 Å². The smallest absolute Gasteiger partial charge is 0.321 e. The summed E-state index contributed by atoms with van der Waals surface area (Å²) in [6.45, 7) is 0. The molecule has 15 heavy (non-hydrogen) atoms. The summed E-state index contributed by atoms with van der Waals surface area (Å²) in [6.07, 6.45) is 8.27. The van der Waals surface area contributed by atoms with Gasteiger partial charge in [0.25, 0.3) is 0 Å². The van der Waals surface area contributed by atoms with E-state index in [-0.39, 0.29) is 12.3 Å². The van der Waals surface area contributed by atoms with Crippen LogP contribution in [0.25, 0.3) is 0 Å². The Bertz CT molecular complexity index is 299. The summed E-state index contributed by atoms with van der Waals surface area (Å²) in [5, 5.41) is 17.7. The largest absolute Gasteiger partial charge is 0.480 e. The van der Waals surface area contributed by atoms with Crippen LogP contribution in [-0.4, -0.2) is 22.2 Å². The van der Waals surface area contributed by atoms with Crippen LogP contribution >= 0.6 is 0 Å². The lowest BCUT2D eigenvalue weighted by Gasteiger charge is -2.05. The molecule has 4 heteroatoms. The minimum absolute atomic E-state index is 0.217. The van der Waals surface area contributed by atoms with Crippen molar-refractivity contribution >= 4 is 11.9 Å². The number of carboxylic acid groups (broad SMARTS) is 2. The van der Waals surface area contributed by atoms with Crippen LogP contribution in [-0.2, 0) is 9.59 Å². The second-order valence-electron chi connectivity index (χ2n) is 3.93. The zero-order valence-corrected chi connectivity index (χ0v) is 8.40. The molecule has 1 rings (SSSR count). The van der Waals surface area contributed by atoms with Crippen LogP contribution < -0.4 is 0 Å². The van der Waals surface area contributed by atoms with Crippen molar-refractivity contribution in [3.63, 3.8) is 0 Å². The van der Waals surface area contributed by atoms with Gasteiger partial charge in [-0.15, -0.1) is 12.3 Å². The Morgan fingerprint density at radius 3 is 2.33 bits per heavy atom. The highest BCUT2D eigenvalue weighted by atomic mass is 16.4. The number of aliphatic carboxylic acids is 2. The number of carbonyl (C=O) groups is 2. The minimum Gasteiger partial charge on any atom is -0.480 e. The van der Waals surface area contributed by atoms with Crippen LogP contribution in [0.4, 0.5) is 0 Å². The van der Waals surface area contributed by atoms with E-state index in [1.807, 2.05) is 0 Å². The van der Waals surface area contributed by atoms with Crippen LogP contribution in [0.5, 0.6) is 0 Å². The molecule has 1 fully saturated rings. The topological polar surface area (TPSA) is 74.6 Å². The standard InChI is InChI=1S/C11H14O4/c1-2-3-4-5-6-8-7-11(8,9(12)13)10(14)15/h1,8H,3-7H2,(H,12,13)(H,14,15). The van der Waals surface area contributed by atoms with Gasteiger partial charge in [-0.2, -0.15) is 0 Å². The summed E-state index contributed by atoms with van der Waals surface area (Å²) in [4.78, 5) is 21.6. The fourth-order valence-corrected chi connectivity index (χ4v) is 1.91. The molecular weight excluding hydrogens is 196 g/mol. The Morgan fingerprint density at radius 1 is 1.33 bits per heavy atom. The average Bonchev–Trinajstić information content (AvgIpc) is 2.88. The van der Waals surface area contributed by atoms with Crippen molar-refractivity contribution < 1.29 is 19.8 Å². The van der Waals surface area contributed by atoms with E-state index < -0.39 is 17.4 Å². The average molecular weight is 210 g/mol. The molecule has 82 valence electrons. The fraction of sp³-hybridized carbons (Fsp3) is 0.636. The molecule has 2 N–H and O–H groups in total. The lowest BCUT2D eigenvalue weighted by molar-refractivity contribution is -0.157. The predicted octanol–water partition coefficient (Wildman–Crippen LogP) is 1.36. The van der Waals surface area contributed by atoms with Gasteiger partial charge in [-0.05, 0) is 25.2 Å². The van der Waals surface area contributed by atoms with Gasteiger partial charge in [-0.3, -0.25) is 9.59 Å². The number of carboxylic acids is 2. The molecule has 4 nitrogen and oxygen atoms in total. The highest BCUT2D eigenvalue weighted by Crippen LogP contribution is 2.55. The normalized spacial score (nSPS) is 21.7. The van der Waals surface area contributed by atoms with Crippen LogP contribution in [0.2, 0.25) is 0 Å². The van der Waals surface area contributed by atoms with E-state index in [9.17, 15) is 9.59 Å². The molecule has 0 aliphatic heterocycles. The number of hydrogen-bond donors (Lipinski definition) is 2. The van der Waals surface area contributed by atoms with E-state index in [0.29, 0.717) is 12.8 Å². The number of hydrogen-bond acceptors (Lipinski definition) is 2. The summed E-state index contributed by atoms with van der Waals surface area (Å²) in [5.41, 5.74) is -1.50. The highest BCUT2D eigenvalue weighted by molar-refractivity contribution is 6.02. The zero-order valence-electron chi connectivity index (χ0n) is 8.40. The maximum atomic E-state index is 10.8. The Hall–Kier alpha value is -1.50. The molecule has 0 bridgehead atoms. The molecule has 0 saturated heterocycles. The molecule has 0 spiro atoms. The van der Waals surface area contributed by atoms with Gasteiger partial charge in [0.15, 0.2) is 5.41 Å². The Labute approximate surface area is 88.3 Å². The van der Waals surface area contributed by atoms with Crippen molar-refractivity contribution in [2.24, 2.45) is 11.3 Å². The predicted molar refractivity (Wildman–Crippen MR) is 53.1 cm³/mol. The molecule has 0 amide bonds. The van der Waals surface area contributed by atoms with Crippen molar-refractivity contribution in [1.82, 2.24) is 0 Å². The third-order valence-electron chi connectivity index (χ3n) is 2.99. The van der Waals surface area contributed by atoms with Crippen LogP contribution in [0.15, 0.2) is 0 Å². The van der Waals surface area contributed by atoms with Crippen molar-refractivity contribution in [2.45, 2.75) is 32.1 Å². The van der Waals surface area contributed by atoms with E-state index in [2.05, 4.69) is 5.92 Å². The summed E-state index contributed by atoms with van der Waals surface area (Å²) >= 11 is 0. The lowest BCUT2D eigenvalue weighted by Crippen LogP contribution is -2.27. The van der Waals surface area contributed by atoms with Crippen LogP contribution in [0.3, 0.4) is 0 Å². The monoisotopic (exact) mass is 210 g/mol. The number of rotatable bonds is 6. The van der Waals surface area contributed by atoms with E-state index >= 15 is 0 Å². The SMILES string of the molecule is C#CCCCCC1CC1(C(=O)O)C(=O)O. The molecule has 1 atom stereocenters. The summed E-state index contributed by atoms with van der Waals surface area (Å²) < 4.78 is 0. The zero-order chi connectivity index (χ0) is 11.5. The second-order valence-corrected chi connectivity index (χ2v) is 3.93. The van der Waals surface area contributed by atoms with Crippen LogP contribution in [0.1, 0.15) is 32.1 Å². The first-order valence-corrected chi connectivity index (χ1v) is 4.96. The molecule has 1 unspecified atom stereocenters. The molecular formula is C11H14O4. The van der Waals surface area contributed by atoms with Gasteiger partial charge in [0.05, 0.1) is 0 Å². The maximum Gasteiger partial charge on any atom is 0.321 e. The quantitative estimate of drug-likeness (QED) is 0.394. The second kappa shape index (κ2) is 4.35. The molecule has 0 aromatic heterocycles. The van der Waals surface area contributed by atoms with Gasteiger partial charge in [-0.25, -0.2) is 0 Å². The summed E-state index contributed by atoms with van der Waals surface area (Å²) in [6, 6.07) is 0. The third kappa shape index (κ3) is 2.12. The minimum atomic E-state index is -1.50. The highest BCUT2D eigenvalue weighted by Gasteiger charge is 2.66.